The van der Waals surface area contributed by atoms with Gasteiger partial charge in [0.2, 0.25) is 5.91 Å². The predicted molar refractivity (Wildman–Crippen MR) is 65.2 cm³/mol. The third-order valence-electron chi connectivity index (χ3n) is 2.57. The summed E-state index contributed by atoms with van der Waals surface area (Å²) in [7, 11) is 0. The molecule has 1 amide bonds. The maximum absolute atomic E-state index is 11.4. The molecule has 1 aliphatic carbocycles. The standard InChI is InChI=1S/C12H14N4O/c13-6-8-1-2-10(5-11(8)14)15-7-12(17)16-9-3-4-9/h1-2,5,9,15H,3-4,7,14H2,(H,16,17). The van der Waals surface area contributed by atoms with Crippen LogP contribution in [0.3, 0.4) is 0 Å². The summed E-state index contributed by atoms with van der Waals surface area (Å²) in [5, 5.41) is 14.6. The van der Waals surface area contributed by atoms with Crippen LogP contribution in [0.4, 0.5) is 11.4 Å². The Bertz CT molecular complexity index is 474. The number of hydrogen-bond acceptors (Lipinski definition) is 4. The summed E-state index contributed by atoms with van der Waals surface area (Å²) >= 11 is 0. The fourth-order valence-electron chi connectivity index (χ4n) is 1.46. The van der Waals surface area contributed by atoms with Crippen LogP contribution in [0.5, 0.6) is 0 Å². The van der Waals surface area contributed by atoms with Crippen LogP contribution in [0.1, 0.15) is 18.4 Å². The van der Waals surface area contributed by atoms with Crippen LogP contribution in [0.2, 0.25) is 0 Å². The van der Waals surface area contributed by atoms with Crippen LogP contribution in [0.15, 0.2) is 18.2 Å². The van der Waals surface area contributed by atoms with E-state index in [0.717, 1.165) is 18.5 Å². The van der Waals surface area contributed by atoms with E-state index in [2.05, 4.69) is 10.6 Å². The summed E-state index contributed by atoms with van der Waals surface area (Å²) < 4.78 is 0. The second-order valence-corrected chi connectivity index (χ2v) is 4.11. The van der Waals surface area contributed by atoms with Gasteiger partial charge in [-0.3, -0.25) is 4.79 Å². The number of rotatable bonds is 4. The van der Waals surface area contributed by atoms with E-state index in [1.165, 1.54) is 0 Å². The monoisotopic (exact) mass is 230 g/mol. The molecule has 0 unspecified atom stereocenters. The van der Waals surface area contributed by atoms with Crippen molar-refractivity contribution in [2.24, 2.45) is 0 Å². The Morgan fingerprint density at radius 3 is 2.88 bits per heavy atom. The summed E-state index contributed by atoms with van der Waals surface area (Å²) in [5.41, 5.74) is 7.27. The highest BCUT2D eigenvalue weighted by Gasteiger charge is 2.22. The number of anilines is 2. The van der Waals surface area contributed by atoms with E-state index in [0.29, 0.717) is 17.3 Å². The Balaban J connectivity index is 1.88. The molecule has 4 N–H and O–H groups in total. The Morgan fingerprint density at radius 1 is 1.53 bits per heavy atom. The number of nitriles is 1. The molecule has 0 aliphatic heterocycles. The number of nitrogens with one attached hydrogen (secondary N) is 2. The number of nitrogens with two attached hydrogens (primary N) is 1. The maximum atomic E-state index is 11.4. The second kappa shape index (κ2) is 4.74. The van der Waals surface area contributed by atoms with Crippen LogP contribution in [0, 0.1) is 11.3 Å². The summed E-state index contributed by atoms with van der Waals surface area (Å²) in [6.07, 6.45) is 2.16. The van der Waals surface area contributed by atoms with Gasteiger partial charge in [-0.2, -0.15) is 5.26 Å². The highest BCUT2D eigenvalue weighted by Crippen LogP contribution is 2.19. The Kier molecular flexibility index (Phi) is 3.15. The average Bonchev–Trinajstić information content (AvgIpc) is 3.10. The third kappa shape index (κ3) is 3.11. The number of hydrogen-bond donors (Lipinski definition) is 3. The van der Waals surface area contributed by atoms with Crippen molar-refractivity contribution < 1.29 is 4.79 Å². The Morgan fingerprint density at radius 2 is 2.29 bits per heavy atom. The van der Waals surface area contributed by atoms with E-state index in [9.17, 15) is 4.79 Å². The van der Waals surface area contributed by atoms with Gasteiger partial charge in [-0.1, -0.05) is 0 Å². The highest BCUT2D eigenvalue weighted by atomic mass is 16.2. The quantitative estimate of drug-likeness (QED) is 0.668. The van der Waals surface area contributed by atoms with E-state index < -0.39 is 0 Å². The van der Waals surface area contributed by atoms with Gasteiger partial charge in [0.25, 0.3) is 0 Å². The molecular formula is C12H14N4O. The SMILES string of the molecule is N#Cc1ccc(NCC(=O)NC2CC2)cc1N. The lowest BCUT2D eigenvalue weighted by Gasteiger charge is -2.08. The van der Waals surface area contributed by atoms with Gasteiger partial charge in [-0.15, -0.1) is 0 Å². The third-order valence-corrected chi connectivity index (χ3v) is 2.57. The van der Waals surface area contributed by atoms with Gasteiger partial charge in [0.1, 0.15) is 6.07 Å². The summed E-state index contributed by atoms with van der Waals surface area (Å²) in [5.74, 6) is -0.0181. The molecule has 17 heavy (non-hydrogen) atoms. The molecule has 5 nitrogen and oxygen atoms in total. The molecule has 2 rings (SSSR count). The smallest absolute Gasteiger partial charge is 0.239 e. The number of nitrogens with zero attached hydrogens (tertiary/aromatic N) is 1. The lowest BCUT2D eigenvalue weighted by Crippen LogP contribution is -2.31. The van der Waals surface area contributed by atoms with Gasteiger partial charge in [0.15, 0.2) is 0 Å². The molecule has 0 atom stereocenters. The highest BCUT2D eigenvalue weighted by molar-refractivity contribution is 5.81. The minimum atomic E-state index is -0.0181. The van der Waals surface area contributed by atoms with Crippen molar-refractivity contribution in [3.63, 3.8) is 0 Å². The first kappa shape index (κ1) is 11.3. The minimum Gasteiger partial charge on any atom is -0.398 e. The first-order valence-corrected chi connectivity index (χ1v) is 5.52. The molecule has 1 aromatic carbocycles. The molecule has 0 bridgehead atoms. The van der Waals surface area contributed by atoms with Gasteiger partial charge in [0, 0.05) is 11.7 Å². The fraction of sp³-hybridized carbons (Fsp3) is 0.333. The number of carbonyl (C=O) groups excluding carboxylic acids is 1. The zero-order chi connectivity index (χ0) is 12.3. The van der Waals surface area contributed by atoms with Crippen molar-refractivity contribution in [3.05, 3.63) is 23.8 Å². The molecular weight excluding hydrogens is 216 g/mol. The number of nitrogen functional groups attached to an aromatic ring is 1. The first-order chi connectivity index (χ1) is 8.19. The van der Waals surface area contributed by atoms with E-state index in [1.807, 2.05) is 6.07 Å². The van der Waals surface area contributed by atoms with Crippen molar-refractivity contribution >= 4 is 17.3 Å². The normalized spacial score (nSPS) is 13.8. The van der Waals surface area contributed by atoms with Gasteiger partial charge in [-0.25, -0.2) is 0 Å². The van der Waals surface area contributed by atoms with E-state index in [1.54, 1.807) is 18.2 Å². The maximum Gasteiger partial charge on any atom is 0.239 e. The van der Waals surface area contributed by atoms with Crippen molar-refractivity contribution in [1.82, 2.24) is 5.32 Å². The number of benzene rings is 1. The van der Waals surface area contributed by atoms with Crippen LogP contribution < -0.4 is 16.4 Å². The first-order valence-electron chi connectivity index (χ1n) is 5.52. The second-order valence-electron chi connectivity index (χ2n) is 4.11. The lowest BCUT2D eigenvalue weighted by molar-refractivity contribution is -0.119. The largest absolute Gasteiger partial charge is 0.398 e. The lowest BCUT2D eigenvalue weighted by atomic mass is 10.2. The molecule has 5 heteroatoms. The fourth-order valence-corrected chi connectivity index (χ4v) is 1.46. The van der Waals surface area contributed by atoms with E-state index in [4.69, 9.17) is 11.0 Å². The Hall–Kier alpha value is -2.22. The summed E-state index contributed by atoms with van der Waals surface area (Å²) in [4.78, 5) is 11.4. The van der Waals surface area contributed by atoms with Crippen molar-refractivity contribution in [2.75, 3.05) is 17.6 Å². The molecule has 0 radical (unpaired) electrons. The van der Waals surface area contributed by atoms with Gasteiger partial charge in [0.05, 0.1) is 17.8 Å². The molecule has 0 aromatic heterocycles. The minimum absolute atomic E-state index is 0.0181. The molecule has 1 fully saturated rings. The predicted octanol–water partition coefficient (Wildman–Crippen LogP) is 0.831. The Labute approximate surface area is 99.6 Å². The molecule has 1 aromatic rings. The molecule has 0 spiro atoms. The molecule has 1 aliphatic rings. The van der Waals surface area contributed by atoms with E-state index in [-0.39, 0.29) is 12.5 Å². The molecule has 0 heterocycles. The molecule has 88 valence electrons. The van der Waals surface area contributed by atoms with Crippen LogP contribution >= 0.6 is 0 Å². The zero-order valence-electron chi connectivity index (χ0n) is 9.36. The van der Waals surface area contributed by atoms with Crippen molar-refractivity contribution in [3.8, 4) is 6.07 Å². The van der Waals surface area contributed by atoms with E-state index >= 15 is 0 Å². The number of carbonyl (C=O) groups is 1. The average molecular weight is 230 g/mol. The van der Waals surface area contributed by atoms with Gasteiger partial charge < -0.3 is 16.4 Å². The number of amides is 1. The van der Waals surface area contributed by atoms with Crippen molar-refractivity contribution in [1.29, 1.82) is 5.26 Å². The summed E-state index contributed by atoms with van der Waals surface area (Å²) in [6.45, 7) is 0.224. The summed E-state index contributed by atoms with van der Waals surface area (Å²) in [6, 6.07) is 7.39. The topological polar surface area (TPSA) is 90.9 Å². The molecule has 0 saturated heterocycles. The van der Waals surface area contributed by atoms with Crippen LogP contribution in [0.25, 0.3) is 0 Å². The van der Waals surface area contributed by atoms with Crippen LogP contribution in [-0.4, -0.2) is 18.5 Å². The molecule has 1 saturated carbocycles. The van der Waals surface area contributed by atoms with Crippen LogP contribution in [-0.2, 0) is 4.79 Å². The van der Waals surface area contributed by atoms with Gasteiger partial charge in [-0.05, 0) is 31.0 Å². The van der Waals surface area contributed by atoms with Gasteiger partial charge >= 0.3 is 0 Å². The zero-order valence-corrected chi connectivity index (χ0v) is 9.36. The van der Waals surface area contributed by atoms with Crippen molar-refractivity contribution in [2.45, 2.75) is 18.9 Å².